The van der Waals surface area contributed by atoms with Crippen molar-refractivity contribution in [1.82, 2.24) is 0 Å². The van der Waals surface area contributed by atoms with Crippen molar-refractivity contribution in [3.05, 3.63) is 85.1 Å². The van der Waals surface area contributed by atoms with E-state index in [0.717, 1.165) is 89.9 Å². The second kappa shape index (κ2) is 55.2. The van der Waals surface area contributed by atoms with Gasteiger partial charge in [0.05, 0.1) is 0 Å². The molecule has 67 heavy (non-hydrogen) atoms. The minimum Gasteiger partial charge on any atom is -0.462 e. The molecule has 384 valence electrons. The smallest absolute Gasteiger partial charge is 0.306 e. The molecule has 0 aromatic carbocycles. The van der Waals surface area contributed by atoms with Gasteiger partial charge in [-0.15, -0.1) is 0 Å². The monoisotopic (exact) mass is 933 g/mol. The van der Waals surface area contributed by atoms with Gasteiger partial charge in [-0.1, -0.05) is 247 Å². The number of rotatable bonds is 50. The summed E-state index contributed by atoms with van der Waals surface area (Å²) in [7, 11) is 0. The Bertz CT molecular complexity index is 1300. The van der Waals surface area contributed by atoms with Crippen LogP contribution in [0.5, 0.6) is 0 Å². The summed E-state index contributed by atoms with van der Waals surface area (Å²) in [4.78, 5) is 38.1. The van der Waals surface area contributed by atoms with Crippen LogP contribution < -0.4 is 0 Å². The van der Waals surface area contributed by atoms with Crippen molar-refractivity contribution >= 4 is 17.9 Å². The standard InChI is InChI=1S/C61H104O6/c1-4-7-10-13-16-19-22-25-28-29-30-31-34-36-39-42-45-48-51-54-60(63)66-57-58(67-61(64)55-52-49-46-43-40-37-33-27-24-21-18-15-12-9-6-3)56-65-59(62)53-50-47-44-41-38-35-32-26-23-20-17-14-11-8-5-2/h7,10,16,19,25,27-28,30-31,33,36,39,45,48,58H,4-6,8-9,11-15,17-18,20-24,26,29,32,34-35,37-38,40-44,46-47,49-57H2,1-3H3/b10-7-,19-16-,28-25-,31-30-,33-27-,39-36-,48-45-/t58-/m0/s1. The first-order valence-corrected chi connectivity index (χ1v) is 28.1. The zero-order chi connectivity index (χ0) is 48.6. The van der Waals surface area contributed by atoms with Gasteiger partial charge >= 0.3 is 17.9 Å². The Kier molecular flexibility index (Phi) is 52.4. The Hall–Kier alpha value is -3.41. The topological polar surface area (TPSA) is 78.9 Å². The summed E-state index contributed by atoms with van der Waals surface area (Å²) < 4.78 is 16.8. The second-order valence-corrected chi connectivity index (χ2v) is 18.5. The Labute approximate surface area is 414 Å². The van der Waals surface area contributed by atoms with E-state index in [1.807, 2.05) is 6.08 Å². The number of hydrogen-bond acceptors (Lipinski definition) is 6. The number of carbonyl (C=O) groups is 3. The van der Waals surface area contributed by atoms with Gasteiger partial charge in [-0.2, -0.15) is 0 Å². The summed E-state index contributed by atoms with van der Waals surface area (Å²) in [5.41, 5.74) is 0. The predicted octanol–water partition coefficient (Wildman–Crippen LogP) is 18.8. The molecule has 0 saturated heterocycles. The van der Waals surface area contributed by atoms with E-state index in [2.05, 4.69) is 99.8 Å². The average Bonchev–Trinajstić information content (AvgIpc) is 3.33. The maximum Gasteiger partial charge on any atom is 0.306 e. The third-order valence-corrected chi connectivity index (χ3v) is 11.9. The van der Waals surface area contributed by atoms with Crippen LogP contribution in [0.3, 0.4) is 0 Å². The Morgan fingerprint density at radius 2 is 0.612 bits per heavy atom. The van der Waals surface area contributed by atoms with Gasteiger partial charge < -0.3 is 14.2 Å². The van der Waals surface area contributed by atoms with E-state index in [0.29, 0.717) is 19.3 Å². The van der Waals surface area contributed by atoms with Crippen molar-refractivity contribution in [3.8, 4) is 0 Å². The van der Waals surface area contributed by atoms with Crippen molar-refractivity contribution in [3.63, 3.8) is 0 Å². The predicted molar refractivity (Wildman–Crippen MR) is 288 cm³/mol. The van der Waals surface area contributed by atoms with Gasteiger partial charge in [0.15, 0.2) is 6.10 Å². The largest absolute Gasteiger partial charge is 0.462 e. The van der Waals surface area contributed by atoms with E-state index in [9.17, 15) is 14.4 Å². The van der Waals surface area contributed by atoms with Gasteiger partial charge in [-0.05, 0) is 83.5 Å². The SMILES string of the molecule is CC/C=C\C/C=C\C/C=C\C/C=C\C/C=C\C/C=C\CCC(=O)OC[C@H](COC(=O)CCCCCCCCCCCCCCCCC)OC(=O)CCCCCCC/C=C\CCCCCCCC. The van der Waals surface area contributed by atoms with E-state index < -0.39 is 6.10 Å². The second-order valence-electron chi connectivity index (χ2n) is 18.5. The van der Waals surface area contributed by atoms with Crippen molar-refractivity contribution in [2.45, 2.75) is 271 Å². The van der Waals surface area contributed by atoms with Crippen LogP contribution in [0.4, 0.5) is 0 Å². The van der Waals surface area contributed by atoms with Gasteiger partial charge in [0.25, 0.3) is 0 Å². The lowest BCUT2D eigenvalue weighted by Crippen LogP contribution is -2.30. The average molecular weight is 933 g/mol. The molecule has 0 N–H and O–H groups in total. The van der Waals surface area contributed by atoms with Crippen LogP contribution in [0.15, 0.2) is 85.1 Å². The van der Waals surface area contributed by atoms with Crippen molar-refractivity contribution in [2.75, 3.05) is 13.2 Å². The van der Waals surface area contributed by atoms with Gasteiger partial charge in [-0.3, -0.25) is 14.4 Å². The minimum atomic E-state index is -0.810. The molecule has 0 aliphatic rings. The molecule has 0 saturated carbocycles. The highest BCUT2D eigenvalue weighted by atomic mass is 16.6. The molecule has 6 heteroatoms. The number of ether oxygens (including phenoxy) is 3. The zero-order valence-electron chi connectivity index (χ0n) is 43.9. The van der Waals surface area contributed by atoms with Gasteiger partial charge in [-0.25, -0.2) is 0 Å². The molecule has 6 nitrogen and oxygen atoms in total. The van der Waals surface area contributed by atoms with Crippen LogP contribution in [0, 0.1) is 0 Å². The molecule has 0 fully saturated rings. The molecule has 0 spiro atoms. The number of carbonyl (C=O) groups excluding carboxylic acids is 3. The van der Waals surface area contributed by atoms with E-state index in [4.69, 9.17) is 14.2 Å². The van der Waals surface area contributed by atoms with E-state index in [-0.39, 0.29) is 37.5 Å². The minimum absolute atomic E-state index is 0.101. The Balaban J connectivity index is 4.49. The Morgan fingerprint density at radius 3 is 1.00 bits per heavy atom. The van der Waals surface area contributed by atoms with Crippen LogP contribution in [-0.4, -0.2) is 37.2 Å². The fourth-order valence-electron chi connectivity index (χ4n) is 7.70. The first-order chi connectivity index (χ1) is 33.0. The van der Waals surface area contributed by atoms with E-state index >= 15 is 0 Å². The summed E-state index contributed by atoms with van der Waals surface area (Å²) in [5, 5.41) is 0. The van der Waals surface area contributed by atoms with E-state index in [1.165, 1.54) is 128 Å². The highest BCUT2D eigenvalue weighted by molar-refractivity contribution is 5.71. The van der Waals surface area contributed by atoms with Crippen LogP contribution in [-0.2, 0) is 28.6 Å². The first kappa shape index (κ1) is 63.6. The highest BCUT2D eigenvalue weighted by Gasteiger charge is 2.19. The van der Waals surface area contributed by atoms with Crippen LogP contribution in [0.25, 0.3) is 0 Å². The molecule has 0 aromatic heterocycles. The van der Waals surface area contributed by atoms with Crippen LogP contribution in [0.2, 0.25) is 0 Å². The first-order valence-electron chi connectivity index (χ1n) is 28.1. The number of allylic oxidation sites excluding steroid dienone is 14. The van der Waals surface area contributed by atoms with E-state index in [1.54, 1.807) is 0 Å². The lowest BCUT2D eigenvalue weighted by molar-refractivity contribution is -0.166. The van der Waals surface area contributed by atoms with Crippen LogP contribution in [0.1, 0.15) is 265 Å². The third-order valence-electron chi connectivity index (χ3n) is 11.9. The lowest BCUT2D eigenvalue weighted by Gasteiger charge is -2.18. The number of hydrogen-bond donors (Lipinski definition) is 0. The molecule has 0 aliphatic heterocycles. The normalized spacial score (nSPS) is 12.7. The molecule has 0 amide bonds. The molecule has 0 heterocycles. The molecule has 0 radical (unpaired) electrons. The quantitative estimate of drug-likeness (QED) is 0.0262. The van der Waals surface area contributed by atoms with Gasteiger partial charge in [0.1, 0.15) is 13.2 Å². The number of unbranched alkanes of at least 4 members (excludes halogenated alkanes) is 25. The zero-order valence-corrected chi connectivity index (χ0v) is 43.9. The summed E-state index contributed by atoms with van der Waals surface area (Å²) in [5.74, 6) is -0.992. The van der Waals surface area contributed by atoms with Crippen molar-refractivity contribution in [2.24, 2.45) is 0 Å². The maximum atomic E-state index is 12.8. The molecular formula is C61H104O6. The van der Waals surface area contributed by atoms with Gasteiger partial charge in [0, 0.05) is 19.3 Å². The fraction of sp³-hybridized carbons (Fsp3) is 0.721. The molecule has 0 aromatic rings. The number of esters is 3. The molecule has 0 aliphatic carbocycles. The fourth-order valence-corrected chi connectivity index (χ4v) is 7.70. The summed E-state index contributed by atoms with van der Waals surface area (Å²) >= 11 is 0. The van der Waals surface area contributed by atoms with Crippen molar-refractivity contribution in [1.29, 1.82) is 0 Å². The Morgan fingerprint density at radius 1 is 0.313 bits per heavy atom. The molecule has 1 atom stereocenters. The summed E-state index contributed by atoms with van der Waals surface area (Å²) in [6.07, 6.45) is 71.5. The lowest BCUT2D eigenvalue weighted by atomic mass is 10.0. The molecule has 0 bridgehead atoms. The van der Waals surface area contributed by atoms with Crippen LogP contribution >= 0.6 is 0 Å². The molecule has 0 unspecified atom stereocenters. The summed E-state index contributed by atoms with van der Waals surface area (Å²) in [6, 6.07) is 0. The summed E-state index contributed by atoms with van der Waals surface area (Å²) in [6.45, 7) is 6.46. The van der Waals surface area contributed by atoms with Gasteiger partial charge in [0.2, 0.25) is 0 Å². The highest BCUT2D eigenvalue weighted by Crippen LogP contribution is 2.15. The van der Waals surface area contributed by atoms with Crippen molar-refractivity contribution < 1.29 is 28.6 Å². The third kappa shape index (κ3) is 53.4. The maximum absolute atomic E-state index is 12.8. The molecule has 0 rings (SSSR count). The molecular weight excluding hydrogens is 829 g/mol.